The Kier molecular flexibility index (Phi) is 4.37. The van der Waals surface area contributed by atoms with E-state index in [-0.39, 0.29) is 0 Å². The van der Waals surface area contributed by atoms with Gasteiger partial charge in [0.15, 0.2) is 11.5 Å². The Balaban J connectivity index is 1.75. The summed E-state index contributed by atoms with van der Waals surface area (Å²) < 4.78 is 11.3. The van der Waals surface area contributed by atoms with Gasteiger partial charge in [-0.05, 0) is 68.8 Å². The highest BCUT2D eigenvalue weighted by atomic mass is 35.5. The summed E-state index contributed by atoms with van der Waals surface area (Å²) in [5, 5.41) is 4.08. The zero-order chi connectivity index (χ0) is 13.9. The fraction of sp³-hybridized carbons (Fsp3) is 0.625. The van der Waals surface area contributed by atoms with Crippen LogP contribution >= 0.6 is 11.6 Å². The predicted molar refractivity (Wildman–Crippen MR) is 81.0 cm³/mol. The van der Waals surface area contributed by atoms with Crippen molar-refractivity contribution in [3.05, 3.63) is 22.7 Å². The Labute approximate surface area is 125 Å². The molecule has 1 saturated carbocycles. The molecule has 2 aliphatic rings. The van der Waals surface area contributed by atoms with Crippen LogP contribution < -0.4 is 14.8 Å². The Morgan fingerprint density at radius 2 is 1.95 bits per heavy atom. The molecule has 4 heteroatoms. The molecule has 1 aromatic carbocycles. The van der Waals surface area contributed by atoms with Gasteiger partial charge in [-0.25, -0.2) is 0 Å². The van der Waals surface area contributed by atoms with Gasteiger partial charge in [0.1, 0.15) is 0 Å². The van der Waals surface area contributed by atoms with Crippen LogP contribution in [0.15, 0.2) is 12.1 Å². The monoisotopic (exact) mass is 295 g/mol. The molecule has 0 bridgehead atoms. The average molecular weight is 296 g/mol. The van der Waals surface area contributed by atoms with Crippen LogP contribution in [0.5, 0.6) is 11.5 Å². The summed E-state index contributed by atoms with van der Waals surface area (Å²) in [6.45, 7) is 2.25. The second-order valence-corrected chi connectivity index (χ2v) is 6.23. The highest BCUT2D eigenvalue weighted by molar-refractivity contribution is 6.32. The first-order valence-electron chi connectivity index (χ1n) is 7.50. The average Bonchev–Trinajstić information content (AvgIpc) is 3.26. The molecule has 1 saturated heterocycles. The first-order valence-corrected chi connectivity index (χ1v) is 7.88. The molecular weight excluding hydrogens is 274 g/mol. The SMILES string of the molecule is COc1cc(CC2CCNCC2)cc(Cl)c1OC1CC1. The van der Waals surface area contributed by atoms with Gasteiger partial charge in [-0.2, -0.15) is 0 Å². The standard InChI is InChI=1S/C16H22ClNO2/c1-19-15-10-12(8-11-4-6-18-7-5-11)9-14(17)16(15)20-13-2-3-13/h9-11,13,18H,2-8H2,1H3. The van der Waals surface area contributed by atoms with Crippen LogP contribution in [0.25, 0.3) is 0 Å². The molecule has 0 spiro atoms. The number of nitrogens with one attached hydrogen (secondary N) is 1. The Morgan fingerprint density at radius 3 is 2.60 bits per heavy atom. The van der Waals surface area contributed by atoms with E-state index in [0.717, 1.165) is 44.0 Å². The molecule has 20 heavy (non-hydrogen) atoms. The van der Waals surface area contributed by atoms with Crippen LogP contribution in [0.1, 0.15) is 31.2 Å². The van der Waals surface area contributed by atoms with Crippen LogP contribution in [-0.2, 0) is 6.42 Å². The lowest BCUT2D eigenvalue weighted by Gasteiger charge is -2.23. The molecule has 1 aliphatic heterocycles. The summed E-state index contributed by atoms with van der Waals surface area (Å²) in [6, 6.07) is 4.13. The van der Waals surface area contributed by atoms with E-state index in [9.17, 15) is 0 Å². The second-order valence-electron chi connectivity index (χ2n) is 5.82. The van der Waals surface area contributed by atoms with Gasteiger partial charge in [0.25, 0.3) is 0 Å². The maximum absolute atomic E-state index is 6.39. The van der Waals surface area contributed by atoms with Crippen LogP contribution in [0, 0.1) is 5.92 Å². The van der Waals surface area contributed by atoms with E-state index in [2.05, 4.69) is 11.4 Å². The molecule has 0 radical (unpaired) electrons. The number of hydrogen-bond donors (Lipinski definition) is 1. The number of rotatable bonds is 5. The van der Waals surface area contributed by atoms with E-state index in [1.54, 1.807) is 7.11 Å². The normalized spacial score (nSPS) is 19.9. The molecule has 110 valence electrons. The number of hydrogen-bond acceptors (Lipinski definition) is 3. The van der Waals surface area contributed by atoms with Crippen LogP contribution in [0.4, 0.5) is 0 Å². The fourth-order valence-corrected chi connectivity index (χ4v) is 3.06. The Hall–Kier alpha value is -0.930. The van der Waals surface area contributed by atoms with Gasteiger partial charge < -0.3 is 14.8 Å². The van der Waals surface area contributed by atoms with E-state index >= 15 is 0 Å². The van der Waals surface area contributed by atoms with E-state index in [0.29, 0.717) is 16.9 Å². The highest BCUT2D eigenvalue weighted by Crippen LogP contribution is 2.40. The first-order chi connectivity index (χ1) is 9.76. The molecule has 0 atom stereocenters. The molecule has 0 aromatic heterocycles. The zero-order valence-electron chi connectivity index (χ0n) is 12.0. The van der Waals surface area contributed by atoms with E-state index in [4.69, 9.17) is 21.1 Å². The van der Waals surface area contributed by atoms with Crippen molar-refractivity contribution in [3.63, 3.8) is 0 Å². The largest absolute Gasteiger partial charge is 0.493 e. The maximum Gasteiger partial charge on any atom is 0.180 e. The molecule has 3 rings (SSSR count). The minimum Gasteiger partial charge on any atom is -0.493 e. The Bertz CT molecular complexity index is 468. The quantitative estimate of drug-likeness (QED) is 0.903. The number of benzene rings is 1. The molecule has 1 heterocycles. The van der Waals surface area contributed by atoms with Crippen LogP contribution in [0.3, 0.4) is 0 Å². The number of ether oxygens (including phenoxy) is 2. The lowest BCUT2D eigenvalue weighted by molar-refractivity contribution is 0.282. The lowest BCUT2D eigenvalue weighted by atomic mass is 9.91. The van der Waals surface area contributed by atoms with Gasteiger partial charge in [-0.15, -0.1) is 0 Å². The third-order valence-corrected chi connectivity index (χ3v) is 4.36. The summed E-state index contributed by atoms with van der Waals surface area (Å²) in [7, 11) is 1.68. The van der Waals surface area contributed by atoms with Crippen molar-refractivity contribution in [1.29, 1.82) is 0 Å². The van der Waals surface area contributed by atoms with Gasteiger partial charge >= 0.3 is 0 Å². The summed E-state index contributed by atoms with van der Waals surface area (Å²) in [6.07, 6.45) is 6.12. The second kappa shape index (κ2) is 6.23. The van der Waals surface area contributed by atoms with Crippen molar-refractivity contribution >= 4 is 11.6 Å². The number of halogens is 1. The molecule has 1 aromatic rings. The fourth-order valence-electron chi connectivity index (χ4n) is 2.78. The third kappa shape index (κ3) is 3.39. The zero-order valence-corrected chi connectivity index (χ0v) is 12.7. The molecule has 2 fully saturated rings. The molecule has 1 aliphatic carbocycles. The van der Waals surface area contributed by atoms with Crippen LogP contribution in [0.2, 0.25) is 5.02 Å². The third-order valence-electron chi connectivity index (χ3n) is 4.08. The van der Waals surface area contributed by atoms with Crippen molar-refractivity contribution in [2.75, 3.05) is 20.2 Å². The molecular formula is C16H22ClNO2. The van der Waals surface area contributed by atoms with Crippen molar-refractivity contribution < 1.29 is 9.47 Å². The van der Waals surface area contributed by atoms with Gasteiger partial charge in [-0.1, -0.05) is 11.6 Å². The van der Waals surface area contributed by atoms with Gasteiger partial charge in [0.2, 0.25) is 0 Å². The lowest BCUT2D eigenvalue weighted by Crippen LogP contribution is -2.28. The van der Waals surface area contributed by atoms with Crippen LogP contribution in [-0.4, -0.2) is 26.3 Å². The highest BCUT2D eigenvalue weighted by Gasteiger charge is 2.26. The van der Waals surface area contributed by atoms with Crippen molar-refractivity contribution in [2.45, 2.75) is 38.2 Å². The van der Waals surface area contributed by atoms with E-state index in [1.165, 1.54) is 18.4 Å². The first kappa shape index (κ1) is 14.0. The molecule has 3 nitrogen and oxygen atoms in total. The van der Waals surface area contributed by atoms with Gasteiger partial charge in [0.05, 0.1) is 18.2 Å². The van der Waals surface area contributed by atoms with Gasteiger partial charge in [-0.3, -0.25) is 0 Å². The summed E-state index contributed by atoms with van der Waals surface area (Å²) in [4.78, 5) is 0. The van der Waals surface area contributed by atoms with E-state index < -0.39 is 0 Å². The molecule has 1 N–H and O–H groups in total. The molecule has 0 unspecified atom stereocenters. The number of piperidine rings is 1. The minimum atomic E-state index is 0.330. The van der Waals surface area contributed by atoms with Gasteiger partial charge in [0, 0.05) is 0 Å². The predicted octanol–water partition coefficient (Wildman–Crippen LogP) is 3.43. The van der Waals surface area contributed by atoms with E-state index in [1.807, 2.05) is 6.07 Å². The topological polar surface area (TPSA) is 30.5 Å². The Morgan fingerprint density at radius 1 is 1.20 bits per heavy atom. The molecule has 0 amide bonds. The van der Waals surface area contributed by atoms with Crippen molar-refractivity contribution in [1.82, 2.24) is 5.32 Å². The van der Waals surface area contributed by atoms with Crippen molar-refractivity contribution in [3.8, 4) is 11.5 Å². The maximum atomic E-state index is 6.39. The summed E-state index contributed by atoms with van der Waals surface area (Å²) in [5.74, 6) is 2.23. The summed E-state index contributed by atoms with van der Waals surface area (Å²) >= 11 is 6.39. The minimum absolute atomic E-state index is 0.330. The smallest absolute Gasteiger partial charge is 0.180 e. The summed E-state index contributed by atoms with van der Waals surface area (Å²) in [5.41, 5.74) is 1.25. The number of methoxy groups -OCH3 is 1. The van der Waals surface area contributed by atoms with Crippen molar-refractivity contribution in [2.24, 2.45) is 5.92 Å².